The number of carbonyl (C=O) groups is 3. The van der Waals surface area contributed by atoms with Crippen molar-refractivity contribution < 1.29 is 19.5 Å². The molecule has 1 saturated heterocycles. The van der Waals surface area contributed by atoms with Crippen molar-refractivity contribution in [3.05, 3.63) is 29.8 Å². The summed E-state index contributed by atoms with van der Waals surface area (Å²) in [6.07, 6.45) is 5.98. The highest BCUT2D eigenvalue weighted by Crippen LogP contribution is 2.52. The highest BCUT2D eigenvalue weighted by Gasteiger charge is 2.53. The summed E-state index contributed by atoms with van der Waals surface area (Å²) in [5, 5.41) is 12.4. The van der Waals surface area contributed by atoms with E-state index in [9.17, 15) is 19.5 Å². The van der Waals surface area contributed by atoms with E-state index in [2.05, 4.69) is 5.32 Å². The number of likely N-dealkylation sites (tertiary alicyclic amines) is 1. The molecule has 27 heavy (non-hydrogen) atoms. The number of carbonyl (C=O) groups excluding carboxylic acids is 2. The van der Waals surface area contributed by atoms with E-state index in [0.717, 1.165) is 45.2 Å². The van der Waals surface area contributed by atoms with Gasteiger partial charge >= 0.3 is 5.97 Å². The SMILES string of the molecule is O=C(O)[C@@H]1[C@H]2CC[C@@H](C2)[C@@H]1C(=O)Nc1ccc(C(=O)N2CCCCC2)cc1. The number of carboxylic acids is 1. The van der Waals surface area contributed by atoms with Crippen LogP contribution in [0.2, 0.25) is 0 Å². The van der Waals surface area contributed by atoms with Gasteiger partial charge in [0.05, 0.1) is 11.8 Å². The van der Waals surface area contributed by atoms with Crippen LogP contribution in [-0.4, -0.2) is 40.9 Å². The molecule has 0 unspecified atom stereocenters. The number of fused-ring (bicyclic) bond motifs is 2. The Labute approximate surface area is 158 Å². The van der Waals surface area contributed by atoms with Crippen LogP contribution in [0, 0.1) is 23.7 Å². The monoisotopic (exact) mass is 370 g/mol. The molecule has 6 heteroatoms. The lowest BCUT2D eigenvalue weighted by molar-refractivity contribution is -0.148. The molecule has 3 aliphatic rings. The van der Waals surface area contributed by atoms with Gasteiger partial charge in [0.25, 0.3) is 5.91 Å². The molecule has 2 aliphatic carbocycles. The third-order valence-corrected chi connectivity index (χ3v) is 6.55. The number of hydrogen-bond acceptors (Lipinski definition) is 3. The zero-order valence-electron chi connectivity index (χ0n) is 15.4. The molecular formula is C21H26N2O4. The van der Waals surface area contributed by atoms with Crippen LogP contribution in [-0.2, 0) is 9.59 Å². The summed E-state index contributed by atoms with van der Waals surface area (Å²) in [6.45, 7) is 1.61. The predicted octanol–water partition coefficient (Wildman–Crippen LogP) is 3.00. The number of nitrogens with one attached hydrogen (secondary N) is 1. The molecule has 4 atom stereocenters. The van der Waals surface area contributed by atoms with Crippen LogP contribution in [0.4, 0.5) is 5.69 Å². The average molecular weight is 370 g/mol. The molecule has 1 aromatic carbocycles. The highest BCUT2D eigenvalue weighted by molar-refractivity contribution is 5.97. The van der Waals surface area contributed by atoms with Crippen LogP contribution in [0.25, 0.3) is 0 Å². The Kier molecular flexibility index (Phi) is 4.89. The van der Waals surface area contributed by atoms with Crippen molar-refractivity contribution in [2.45, 2.75) is 38.5 Å². The van der Waals surface area contributed by atoms with Crippen LogP contribution in [0.1, 0.15) is 48.9 Å². The van der Waals surface area contributed by atoms with Crippen LogP contribution >= 0.6 is 0 Å². The molecule has 0 aromatic heterocycles. The minimum absolute atomic E-state index is 0.0339. The standard InChI is InChI=1S/C21H26N2O4/c24-19(17-14-4-5-15(12-14)18(17)21(26)27)22-16-8-6-13(7-9-16)20(25)23-10-2-1-3-11-23/h6-9,14-15,17-18H,1-5,10-12H2,(H,22,24)(H,26,27)/t14-,15-,17-,18+/m0/s1. The van der Waals surface area contributed by atoms with Gasteiger partial charge in [0.2, 0.25) is 5.91 Å². The Balaban J connectivity index is 1.41. The van der Waals surface area contributed by atoms with Gasteiger partial charge in [-0.2, -0.15) is 0 Å². The second-order valence-electron chi connectivity index (χ2n) is 8.14. The van der Waals surface area contributed by atoms with Gasteiger partial charge < -0.3 is 15.3 Å². The molecule has 6 nitrogen and oxygen atoms in total. The second kappa shape index (κ2) is 7.33. The second-order valence-corrected chi connectivity index (χ2v) is 8.14. The van der Waals surface area contributed by atoms with Gasteiger partial charge in [0.1, 0.15) is 0 Å². The van der Waals surface area contributed by atoms with Gasteiger partial charge in [-0.15, -0.1) is 0 Å². The molecule has 4 rings (SSSR count). The molecule has 2 N–H and O–H groups in total. The fraction of sp³-hybridized carbons (Fsp3) is 0.571. The van der Waals surface area contributed by atoms with E-state index in [4.69, 9.17) is 0 Å². The Hall–Kier alpha value is -2.37. The van der Waals surface area contributed by atoms with Crippen molar-refractivity contribution in [2.75, 3.05) is 18.4 Å². The summed E-state index contributed by atoms with van der Waals surface area (Å²) >= 11 is 0. The normalized spacial score (nSPS) is 29.6. The maximum atomic E-state index is 12.7. The number of rotatable bonds is 4. The molecule has 3 fully saturated rings. The summed E-state index contributed by atoms with van der Waals surface area (Å²) < 4.78 is 0. The van der Waals surface area contributed by atoms with Gasteiger partial charge in [0, 0.05) is 24.3 Å². The van der Waals surface area contributed by atoms with E-state index in [-0.39, 0.29) is 23.7 Å². The van der Waals surface area contributed by atoms with Crippen LogP contribution in [0.3, 0.4) is 0 Å². The molecule has 2 amide bonds. The van der Waals surface area contributed by atoms with Gasteiger partial charge in [-0.3, -0.25) is 14.4 Å². The quantitative estimate of drug-likeness (QED) is 0.853. The number of nitrogens with zero attached hydrogens (tertiary/aromatic N) is 1. The fourth-order valence-electron chi connectivity index (χ4n) is 5.23. The molecule has 1 aromatic rings. The van der Waals surface area contributed by atoms with Gasteiger partial charge in [-0.05, 0) is 74.6 Å². The Morgan fingerprint density at radius 2 is 1.56 bits per heavy atom. The molecular weight excluding hydrogens is 344 g/mol. The number of aliphatic carboxylic acids is 1. The van der Waals surface area contributed by atoms with Crippen molar-refractivity contribution in [1.29, 1.82) is 0 Å². The highest BCUT2D eigenvalue weighted by atomic mass is 16.4. The Bertz CT molecular complexity index is 739. The number of carboxylic acid groups (broad SMARTS) is 1. The molecule has 2 saturated carbocycles. The lowest BCUT2D eigenvalue weighted by Gasteiger charge is -2.27. The maximum absolute atomic E-state index is 12.7. The van der Waals surface area contributed by atoms with Crippen LogP contribution < -0.4 is 5.32 Å². The van der Waals surface area contributed by atoms with Gasteiger partial charge in [-0.25, -0.2) is 0 Å². The fourth-order valence-corrected chi connectivity index (χ4v) is 5.23. The van der Waals surface area contributed by atoms with Gasteiger partial charge in [0.15, 0.2) is 0 Å². The summed E-state index contributed by atoms with van der Waals surface area (Å²) in [6, 6.07) is 6.94. The predicted molar refractivity (Wildman–Crippen MR) is 100 cm³/mol. The smallest absolute Gasteiger partial charge is 0.307 e. The summed E-state index contributed by atoms with van der Waals surface area (Å²) in [4.78, 5) is 38.7. The van der Waals surface area contributed by atoms with Crippen molar-refractivity contribution in [3.8, 4) is 0 Å². The summed E-state index contributed by atoms with van der Waals surface area (Å²) in [5.74, 6) is -1.73. The largest absolute Gasteiger partial charge is 0.481 e. The summed E-state index contributed by atoms with van der Waals surface area (Å²) in [5.41, 5.74) is 1.24. The van der Waals surface area contributed by atoms with Crippen molar-refractivity contribution in [3.63, 3.8) is 0 Å². The number of piperidine rings is 1. The van der Waals surface area contributed by atoms with Crippen LogP contribution in [0.15, 0.2) is 24.3 Å². The van der Waals surface area contributed by atoms with Crippen molar-refractivity contribution >= 4 is 23.5 Å². The third kappa shape index (κ3) is 3.45. The average Bonchev–Trinajstić information content (AvgIpc) is 3.30. The number of anilines is 1. The molecule has 1 aliphatic heterocycles. The maximum Gasteiger partial charge on any atom is 0.307 e. The topological polar surface area (TPSA) is 86.7 Å². The van der Waals surface area contributed by atoms with E-state index >= 15 is 0 Å². The summed E-state index contributed by atoms with van der Waals surface area (Å²) in [7, 11) is 0. The number of amides is 2. The third-order valence-electron chi connectivity index (χ3n) is 6.55. The number of hydrogen-bond donors (Lipinski definition) is 2. The van der Waals surface area contributed by atoms with E-state index in [1.54, 1.807) is 24.3 Å². The van der Waals surface area contributed by atoms with Gasteiger partial charge in [-0.1, -0.05) is 0 Å². The first-order valence-corrected chi connectivity index (χ1v) is 9.97. The van der Waals surface area contributed by atoms with E-state index < -0.39 is 17.8 Å². The lowest BCUT2D eigenvalue weighted by Crippen LogP contribution is -2.37. The molecule has 1 heterocycles. The first-order chi connectivity index (χ1) is 13.0. The first-order valence-electron chi connectivity index (χ1n) is 9.97. The molecule has 144 valence electrons. The Morgan fingerprint density at radius 3 is 2.19 bits per heavy atom. The zero-order valence-corrected chi connectivity index (χ0v) is 15.4. The first kappa shape index (κ1) is 18.0. The van der Waals surface area contributed by atoms with E-state index in [1.807, 2.05) is 4.90 Å². The van der Waals surface area contributed by atoms with Crippen LogP contribution in [0.5, 0.6) is 0 Å². The molecule has 0 radical (unpaired) electrons. The number of benzene rings is 1. The van der Waals surface area contributed by atoms with Crippen molar-refractivity contribution in [2.24, 2.45) is 23.7 Å². The lowest BCUT2D eigenvalue weighted by atomic mass is 9.78. The van der Waals surface area contributed by atoms with E-state index in [0.29, 0.717) is 11.3 Å². The molecule has 0 spiro atoms. The minimum atomic E-state index is -0.857. The van der Waals surface area contributed by atoms with Crippen molar-refractivity contribution in [1.82, 2.24) is 4.90 Å². The Morgan fingerprint density at radius 1 is 0.926 bits per heavy atom. The molecule has 2 bridgehead atoms. The zero-order chi connectivity index (χ0) is 19.0. The minimum Gasteiger partial charge on any atom is -0.481 e. The van der Waals surface area contributed by atoms with E-state index in [1.165, 1.54) is 6.42 Å².